The van der Waals surface area contributed by atoms with Crippen molar-refractivity contribution >= 4 is 21.6 Å². The van der Waals surface area contributed by atoms with Crippen LogP contribution in [0.5, 0.6) is 11.5 Å². The fraction of sp³-hybridized carbons (Fsp3) is 0.294. The first kappa shape index (κ1) is 19.5. The third-order valence-electron chi connectivity index (χ3n) is 3.74. The van der Waals surface area contributed by atoms with Crippen LogP contribution in [-0.4, -0.2) is 45.6 Å². The predicted molar refractivity (Wildman–Crippen MR) is 95.8 cm³/mol. The normalized spacial score (nSPS) is 12.9. The molecule has 0 aromatic heterocycles. The molecule has 0 fully saturated rings. The minimum absolute atomic E-state index is 0.0491. The molecule has 0 aliphatic rings. The fourth-order valence-corrected chi connectivity index (χ4v) is 3.88. The molecule has 2 rings (SSSR count). The first-order valence-corrected chi connectivity index (χ1v) is 9.23. The van der Waals surface area contributed by atoms with E-state index in [1.54, 1.807) is 37.4 Å². The van der Waals surface area contributed by atoms with E-state index in [4.69, 9.17) is 21.1 Å². The number of aliphatic hydroxyl groups excluding tert-OH is 1. The second-order valence-electron chi connectivity index (χ2n) is 5.37. The van der Waals surface area contributed by atoms with Crippen LogP contribution in [0.15, 0.2) is 47.4 Å². The van der Waals surface area contributed by atoms with Crippen molar-refractivity contribution in [3.8, 4) is 11.5 Å². The third-order valence-corrected chi connectivity index (χ3v) is 5.82. The van der Waals surface area contributed by atoms with Gasteiger partial charge in [0.1, 0.15) is 16.4 Å². The summed E-state index contributed by atoms with van der Waals surface area (Å²) < 4.78 is 36.8. The van der Waals surface area contributed by atoms with Gasteiger partial charge in [0.2, 0.25) is 10.0 Å². The molecule has 136 valence electrons. The molecular weight excluding hydrogens is 366 g/mol. The van der Waals surface area contributed by atoms with Gasteiger partial charge in [0.15, 0.2) is 0 Å². The van der Waals surface area contributed by atoms with E-state index < -0.39 is 16.1 Å². The zero-order chi connectivity index (χ0) is 18.6. The lowest BCUT2D eigenvalue weighted by Crippen LogP contribution is -2.31. The average Bonchev–Trinajstić information content (AvgIpc) is 2.61. The molecular formula is C17H20ClNO5S. The molecule has 0 radical (unpaired) electrons. The van der Waals surface area contributed by atoms with Gasteiger partial charge in [0.05, 0.1) is 20.3 Å². The Morgan fingerprint density at radius 3 is 2.32 bits per heavy atom. The van der Waals surface area contributed by atoms with Crippen LogP contribution in [0.1, 0.15) is 11.7 Å². The largest absolute Gasteiger partial charge is 0.497 e. The number of rotatable bonds is 7. The number of sulfonamides is 1. The second-order valence-corrected chi connectivity index (χ2v) is 7.82. The summed E-state index contributed by atoms with van der Waals surface area (Å²) in [5, 5.41) is 10.6. The highest BCUT2D eigenvalue weighted by molar-refractivity contribution is 7.89. The minimum atomic E-state index is -3.88. The molecule has 2 aromatic carbocycles. The smallest absolute Gasteiger partial charge is 0.246 e. The average molecular weight is 386 g/mol. The minimum Gasteiger partial charge on any atom is -0.497 e. The Morgan fingerprint density at radius 2 is 1.76 bits per heavy atom. The Bertz CT molecular complexity index is 823. The lowest BCUT2D eigenvalue weighted by molar-refractivity contribution is 0.155. The van der Waals surface area contributed by atoms with E-state index in [1.165, 1.54) is 26.3 Å². The van der Waals surface area contributed by atoms with Crippen molar-refractivity contribution in [3.05, 3.63) is 53.1 Å². The van der Waals surface area contributed by atoms with Crippen molar-refractivity contribution in [1.82, 2.24) is 4.31 Å². The Labute approximate surface area is 152 Å². The zero-order valence-electron chi connectivity index (χ0n) is 14.1. The zero-order valence-corrected chi connectivity index (χ0v) is 15.7. The van der Waals surface area contributed by atoms with E-state index in [0.717, 1.165) is 4.31 Å². The van der Waals surface area contributed by atoms with Gasteiger partial charge >= 0.3 is 0 Å². The van der Waals surface area contributed by atoms with Crippen molar-refractivity contribution in [2.45, 2.75) is 11.0 Å². The van der Waals surface area contributed by atoms with Crippen LogP contribution in [0.2, 0.25) is 5.02 Å². The number of aliphatic hydroxyl groups is 1. The lowest BCUT2D eigenvalue weighted by Gasteiger charge is -2.22. The van der Waals surface area contributed by atoms with Crippen molar-refractivity contribution in [3.63, 3.8) is 0 Å². The van der Waals surface area contributed by atoms with Crippen LogP contribution in [0.25, 0.3) is 0 Å². The van der Waals surface area contributed by atoms with Crippen LogP contribution in [0, 0.1) is 0 Å². The molecule has 0 heterocycles. The highest BCUT2D eigenvalue weighted by Crippen LogP contribution is 2.30. The van der Waals surface area contributed by atoms with E-state index >= 15 is 0 Å². The van der Waals surface area contributed by atoms with E-state index in [-0.39, 0.29) is 22.2 Å². The molecule has 6 nitrogen and oxygen atoms in total. The quantitative estimate of drug-likeness (QED) is 0.793. The van der Waals surface area contributed by atoms with Crippen LogP contribution < -0.4 is 9.47 Å². The van der Waals surface area contributed by atoms with Gasteiger partial charge in [0, 0.05) is 18.6 Å². The summed E-state index contributed by atoms with van der Waals surface area (Å²) in [6, 6.07) is 11.1. The van der Waals surface area contributed by atoms with Gasteiger partial charge in [-0.2, -0.15) is 4.31 Å². The molecule has 0 spiro atoms. The Balaban J connectivity index is 2.23. The number of ether oxygens (including phenoxy) is 2. The van der Waals surface area contributed by atoms with E-state index in [1.807, 2.05) is 0 Å². The first-order valence-electron chi connectivity index (χ1n) is 7.41. The van der Waals surface area contributed by atoms with E-state index in [2.05, 4.69) is 0 Å². The number of halogens is 1. The van der Waals surface area contributed by atoms with Gasteiger partial charge in [-0.3, -0.25) is 0 Å². The maximum absolute atomic E-state index is 12.8. The molecule has 1 N–H and O–H groups in total. The van der Waals surface area contributed by atoms with Crippen LogP contribution in [0.4, 0.5) is 0 Å². The number of hydrogen-bond acceptors (Lipinski definition) is 5. The van der Waals surface area contributed by atoms with E-state index in [9.17, 15) is 13.5 Å². The molecule has 0 amide bonds. The maximum Gasteiger partial charge on any atom is 0.246 e. The topological polar surface area (TPSA) is 76.1 Å². The SMILES string of the molecule is COc1ccc(C(O)CN(C)S(=O)(=O)c2cc(Cl)ccc2OC)cc1. The van der Waals surface area contributed by atoms with Gasteiger partial charge in [-0.15, -0.1) is 0 Å². The number of likely N-dealkylation sites (N-methyl/N-ethyl adjacent to an activating group) is 1. The van der Waals surface area contributed by atoms with Gasteiger partial charge < -0.3 is 14.6 Å². The summed E-state index contributed by atoms with van der Waals surface area (Å²) in [5.41, 5.74) is 0.584. The van der Waals surface area contributed by atoms with Gasteiger partial charge in [0.25, 0.3) is 0 Å². The maximum atomic E-state index is 12.8. The van der Waals surface area contributed by atoms with Crippen molar-refractivity contribution in [2.75, 3.05) is 27.8 Å². The molecule has 0 aliphatic carbocycles. The highest BCUT2D eigenvalue weighted by atomic mass is 35.5. The van der Waals surface area contributed by atoms with Crippen molar-refractivity contribution in [2.24, 2.45) is 0 Å². The summed E-state index contributed by atoms with van der Waals surface area (Å²) in [4.78, 5) is -0.0491. The summed E-state index contributed by atoms with van der Waals surface area (Å²) in [6.07, 6.45) is -0.990. The molecule has 1 atom stereocenters. The van der Waals surface area contributed by atoms with Crippen molar-refractivity contribution < 1.29 is 23.0 Å². The molecule has 25 heavy (non-hydrogen) atoms. The molecule has 0 bridgehead atoms. The number of methoxy groups -OCH3 is 2. The fourth-order valence-electron chi connectivity index (χ4n) is 2.29. The second kappa shape index (κ2) is 8.05. The summed E-state index contributed by atoms with van der Waals surface area (Å²) in [6.45, 7) is -0.121. The molecule has 2 aromatic rings. The van der Waals surface area contributed by atoms with Crippen LogP contribution >= 0.6 is 11.6 Å². The first-order chi connectivity index (χ1) is 11.8. The molecule has 0 saturated heterocycles. The molecule has 8 heteroatoms. The van der Waals surface area contributed by atoms with Gasteiger partial charge in [-0.1, -0.05) is 23.7 Å². The monoisotopic (exact) mass is 385 g/mol. The Kier molecular flexibility index (Phi) is 6.29. The predicted octanol–water partition coefficient (Wildman–Crippen LogP) is 2.71. The van der Waals surface area contributed by atoms with E-state index in [0.29, 0.717) is 11.3 Å². The Hall–Kier alpha value is -1.80. The van der Waals surface area contributed by atoms with Crippen molar-refractivity contribution in [1.29, 1.82) is 0 Å². The van der Waals surface area contributed by atoms with Gasteiger partial charge in [-0.05, 0) is 35.9 Å². The van der Waals surface area contributed by atoms with Crippen LogP contribution in [-0.2, 0) is 10.0 Å². The molecule has 1 unspecified atom stereocenters. The lowest BCUT2D eigenvalue weighted by atomic mass is 10.1. The number of benzene rings is 2. The molecule has 0 saturated carbocycles. The third kappa shape index (κ3) is 4.43. The summed E-state index contributed by atoms with van der Waals surface area (Å²) >= 11 is 5.91. The van der Waals surface area contributed by atoms with Crippen LogP contribution in [0.3, 0.4) is 0 Å². The summed E-state index contributed by atoms with van der Waals surface area (Å²) in [7, 11) is 0.440. The Morgan fingerprint density at radius 1 is 1.12 bits per heavy atom. The standard InChI is InChI=1S/C17H20ClNO5S/c1-19(11-15(20)12-4-7-14(23-2)8-5-12)25(21,22)17-10-13(18)6-9-16(17)24-3/h4-10,15,20H,11H2,1-3H3. The number of nitrogens with zero attached hydrogens (tertiary/aromatic N) is 1. The molecule has 0 aliphatic heterocycles. The summed E-state index contributed by atoms with van der Waals surface area (Å²) in [5.74, 6) is 0.843. The number of hydrogen-bond donors (Lipinski definition) is 1. The highest BCUT2D eigenvalue weighted by Gasteiger charge is 2.27. The van der Waals surface area contributed by atoms with Gasteiger partial charge in [-0.25, -0.2) is 8.42 Å².